The van der Waals surface area contributed by atoms with E-state index < -0.39 is 0 Å². The van der Waals surface area contributed by atoms with E-state index in [9.17, 15) is 4.79 Å². The molecule has 25 heavy (non-hydrogen) atoms. The lowest BCUT2D eigenvalue weighted by Gasteiger charge is -2.38. The van der Waals surface area contributed by atoms with Crippen LogP contribution in [-0.4, -0.2) is 31.7 Å². The van der Waals surface area contributed by atoms with E-state index in [1.54, 1.807) is 0 Å². The zero-order chi connectivity index (χ0) is 17.0. The van der Waals surface area contributed by atoms with Crippen LogP contribution in [0.3, 0.4) is 0 Å². The number of hydrogen-bond donors (Lipinski definition) is 2. The Morgan fingerprint density at radius 1 is 1.24 bits per heavy atom. The minimum absolute atomic E-state index is 0. The molecule has 1 saturated carbocycles. The monoisotopic (exact) mass is 430 g/mol. The predicted molar refractivity (Wildman–Crippen MR) is 106 cm³/mol. The van der Waals surface area contributed by atoms with Gasteiger partial charge in [0.25, 0.3) is 0 Å². The normalized spacial score (nSPS) is 25.2. The van der Waals surface area contributed by atoms with Gasteiger partial charge in [-0.2, -0.15) is 0 Å². The van der Waals surface area contributed by atoms with Crippen molar-refractivity contribution in [1.82, 2.24) is 5.32 Å². The molecule has 0 bridgehead atoms. The molecule has 1 heterocycles. The Balaban J connectivity index is 0.00000225. The van der Waals surface area contributed by atoms with E-state index in [0.717, 1.165) is 49.8 Å². The van der Waals surface area contributed by atoms with Gasteiger partial charge in [0.2, 0.25) is 5.91 Å². The summed E-state index contributed by atoms with van der Waals surface area (Å²) in [4.78, 5) is 12.4. The van der Waals surface area contributed by atoms with Crippen molar-refractivity contribution in [3.8, 4) is 0 Å². The third-order valence-electron chi connectivity index (χ3n) is 5.70. The number of carbonyl (C=O) groups is 1. The van der Waals surface area contributed by atoms with E-state index in [1.165, 1.54) is 5.56 Å². The van der Waals surface area contributed by atoms with Crippen molar-refractivity contribution in [2.24, 2.45) is 11.7 Å². The molecule has 1 amide bonds. The molecule has 0 spiro atoms. The molecule has 0 aromatic heterocycles. The Morgan fingerprint density at radius 3 is 2.52 bits per heavy atom. The van der Waals surface area contributed by atoms with E-state index in [4.69, 9.17) is 10.5 Å². The second-order valence-corrected chi connectivity index (χ2v) is 8.15. The van der Waals surface area contributed by atoms with E-state index in [1.807, 2.05) is 0 Å². The van der Waals surface area contributed by atoms with Crippen LogP contribution in [0.4, 0.5) is 0 Å². The van der Waals surface area contributed by atoms with E-state index in [-0.39, 0.29) is 29.8 Å². The van der Waals surface area contributed by atoms with Crippen LogP contribution in [0, 0.1) is 5.92 Å². The number of benzene rings is 1. The highest BCUT2D eigenvalue weighted by molar-refractivity contribution is 9.10. The molecule has 2 fully saturated rings. The number of nitrogens with one attached hydrogen (secondary N) is 1. The summed E-state index contributed by atoms with van der Waals surface area (Å²) < 4.78 is 6.64. The van der Waals surface area contributed by atoms with Gasteiger partial charge in [0.15, 0.2) is 0 Å². The number of rotatable bonds is 5. The lowest BCUT2D eigenvalue weighted by atomic mass is 9.74. The quantitative estimate of drug-likeness (QED) is 0.749. The molecule has 3 N–H and O–H groups in total. The molecule has 2 aliphatic rings. The molecular weight excluding hydrogens is 404 g/mol. The predicted octanol–water partition coefficient (Wildman–Crippen LogP) is 3.55. The van der Waals surface area contributed by atoms with Crippen molar-refractivity contribution < 1.29 is 9.53 Å². The molecule has 0 unspecified atom stereocenters. The first kappa shape index (κ1) is 20.7. The number of nitrogens with two attached hydrogens (primary N) is 1. The Kier molecular flexibility index (Phi) is 7.74. The fraction of sp³-hybridized carbons (Fsp3) is 0.632. The van der Waals surface area contributed by atoms with Crippen molar-refractivity contribution in [3.05, 3.63) is 34.3 Å². The van der Waals surface area contributed by atoms with Crippen molar-refractivity contribution in [2.45, 2.75) is 50.0 Å². The summed E-state index contributed by atoms with van der Waals surface area (Å²) in [6, 6.07) is 8.67. The third-order valence-corrected chi connectivity index (χ3v) is 6.22. The molecule has 1 aliphatic carbocycles. The molecule has 1 saturated heterocycles. The molecule has 3 rings (SSSR count). The van der Waals surface area contributed by atoms with Crippen LogP contribution in [0.2, 0.25) is 0 Å². The highest BCUT2D eigenvalue weighted by atomic mass is 79.9. The molecule has 0 radical (unpaired) electrons. The number of carbonyl (C=O) groups excluding carboxylic acids is 1. The zero-order valence-electron chi connectivity index (χ0n) is 14.5. The maximum Gasteiger partial charge on any atom is 0.220 e. The SMILES string of the molecule is Cl.N[C@@H]1CCC[C@H]1CC(=O)NCC1(c2ccc(Br)cc2)CCOCC1. The van der Waals surface area contributed by atoms with Gasteiger partial charge >= 0.3 is 0 Å². The summed E-state index contributed by atoms with van der Waals surface area (Å²) in [6.45, 7) is 2.18. The fourth-order valence-corrected chi connectivity index (χ4v) is 4.29. The number of amides is 1. The molecule has 1 aromatic carbocycles. The van der Waals surface area contributed by atoms with Gasteiger partial charge in [-0.25, -0.2) is 0 Å². The summed E-state index contributed by atoms with van der Waals surface area (Å²) in [7, 11) is 0. The smallest absolute Gasteiger partial charge is 0.220 e. The van der Waals surface area contributed by atoms with Gasteiger partial charge in [-0.05, 0) is 49.3 Å². The van der Waals surface area contributed by atoms with Crippen LogP contribution in [0.25, 0.3) is 0 Å². The maximum atomic E-state index is 12.4. The van der Waals surface area contributed by atoms with Crippen LogP contribution in [0.5, 0.6) is 0 Å². The van der Waals surface area contributed by atoms with Crippen LogP contribution < -0.4 is 11.1 Å². The highest BCUT2D eigenvalue weighted by Gasteiger charge is 2.35. The van der Waals surface area contributed by atoms with Crippen LogP contribution >= 0.6 is 28.3 Å². The first-order valence-corrected chi connectivity index (χ1v) is 9.74. The van der Waals surface area contributed by atoms with Gasteiger partial charge < -0.3 is 15.8 Å². The van der Waals surface area contributed by atoms with Gasteiger partial charge in [-0.3, -0.25) is 4.79 Å². The largest absolute Gasteiger partial charge is 0.381 e. The van der Waals surface area contributed by atoms with E-state index in [0.29, 0.717) is 18.9 Å². The minimum Gasteiger partial charge on any atom is -0.381 e. The fourth-order valence-electron chi connectivity index (χ4n) is 4.03. The highest BCUT2D eigenvalue weighted by Crippen LogP contribution is 2.35. The Labute approximate surface area is 164 Å². The molecular formula is C19H28BrClN2O2. The first-order chi connectivity index (χ1) is 11.6. The average Bonchev–Trinajstić information content (AvgIpc) is 2.99. The van der Waals surface area contributed by atoms with Crippen LogP contribution in [0.1, 0.15) is 44.1 Å². The van der Waals surface area contributed by atoms with Crippen molar-refractivity contribution in [2.75, 3.05) is 19.8 Å². The van der Waals surface area contributed by atoms with Crippen molar-refractivity contribution >= 4 is 34.2 Å². The minimum atomic E-state index is -0.0214. The molecule has 4 nitrogen and oxygen atoms in total. The maximum absolute atomic E-state index is 12.4. The lowest BCUT2D eigenvalue weighted by Crippen LogP contribution is -2.45. The number of ether oxygens (including phenoxy) is 1. The van der Waals surface area contributed by atoms with Gasteiger partial charge in [0.1, 0.15) is 0 Å². The molecule has 140 valence electrons. The summed E-state index contributed by atoms with van der Waals surface area (Å²) in [5.41, 5.74) is 7.36. The molecule has 6 heteroatoms. The van der Waals surface area contributed by atoms with E-state index >= 15 is 0 Å². The molecule has 1 aromatic rings. The van der Waals surface area contributed by atoms with Gasteiger partial charge in [-0.15, -0.1) is 12.4 Å². The third kappa shape index (κ3) is 5.19. The first-order valence-electron chi connectivity index (χ1n) is 8.95. The summed E-state index contributed by atoms with van der Waals surface area (Å²) >= 11 is 3.50. The summed E-state index contributed by atoms with van der Waals surface area (Å²) in [5, 5.41) is 3.19. The zero-order valence-corrected chi connectivity index (χ0v) is 16.9. The van der Waals surface area contributed by atoms with Crippen molar-refractivity contribution in [1.29, 1.82) is 0 Å². The van der Waals surface area contributed by atoms with Crippen LogP contribution in [-0.2, 0) is 14.9 Å². The Hall–Kier alpha value is -0.620. The molecule has 1 aliphatic heterocycles. The van der Waals surface area contributed by atoms with Gasteiger partial charge in [-0.1, -0.05) is 34.5 Å². The second-order valence-electron chi connectivity index (χ2n) is 7.24. The van der Waals surface area contributed by atoms with Gasteiger partial charge in [0.05, 0.1) is 0 Å². The summed E-state index contributed by atoms with van der Waals surface area (Å²) in [6.07, 6.45) is 5.74. The van der Waals surface area contributed by atoms with Crippen molar-refractivity contribution in [3.63, 3.8) is 0 Å². The second kappa shape index (κ2) is 9.36. The van der Waals surface area contributed by atoms with E-state index in [2.05, 4.69) is 45.5 Å². The topological polar surface area (TPSA) is 64.4 Å². The van der Waals surface area contributed by atoms with Gasteiger partial charge in [0, 0.05) is 42.1 Å². The summed E-state index contributed by atoms with van der Waals surface area (Å²) in [5.74, 6) is 0.489. The lowest BCUT2D eigenvalue weighted by molar-refractivity contribution is -0.122. The molecule has 2 atom stereocenters. The standard InChI is InChI=1S/C19H27BrN2O2.ClH/c20-16-6-4-15(5-7-16)19(8-10-24-11-9-19)13-22-18(23)12-14-2-1-3-17(14)21;/h4-7,14,17H,1-3,8-13,21H2,(H,22,23);1H/t14-,17+;/m0./s1. The number of hydrogen-bond acceptors (Lipinski definition) is 3. The number of halogens is 2. The Morgan fingerprint density at radius 2 is 1.92 bits per heavy atom. The average molecular weight is 432 g/mol. The van der Waals surface area contributed by atoms with Crippen LogP contribution in [0.15, 0.2) is 28.7 Å². The Bertz CT molecular complexity index is 561.